The third kappa shape index (κ3) is 5.46. The molecule has 0 spiro atoms. The standard InChI is InChI=1S/C21H22OSi/c1-22-21(15-14-18-10-6-5-7-11-18)20-13-9-8-12-19(20)16-17-23(2,3)4/h5-13,21H,1-4H3. The van der Waals surface area contributed by atoms with Crippen LogP contribution in [0.2, 0.25) is 19.6 Å². The van der Waals surface area contributed by atoms with E-state index in [1.807, 2.05) is 54.6 Å². The number of rotatable bonds is 2. The summed E-state index contributed by atoms with van der Waals surface area (Å²) in [5, 5.41) is 0. The Bertz CT molecular complexity index is 764. The lowest BCUT2D eigenvalue weighted by Crippen LogP contribution is -2.16. The number of hydrogen-bond acceptors (Lipinski definition) is 1. The zero-order valence-corrected chi connectivity index (χ0v) is 15.2. The quantitative estimate of drug-likeness (QED) is 0.578. The van der Waals surface area contributed by atoms with Crippen molar-refractivity contribution in [3.05, 3.63) is 71.3 Å². The molecular weight excluding hydrogens is 296 g/mol. The summed E-state index contributed by atoms with van der Waals surface area (Å²) in [5.41, 5.74) is 6.44. The predicted molar refractivity (Wildman–Crippen MR) is 99.7 cm³/mol. The van der Waals surface area contributed by atoms with Crippen LogP contribution in [0.5, 0.6) is 0 Å². The molecule has 2 rings (SSSR count). The third-order valence-electron chi connectivity index (χ3n) is 3.17. The fourth-order valence-electron chi connectivity index (χ4n) is 2.03. The molecule has 0 bridgehead atoms. The van der Waals surface area contributed by atoms with E-state index in [2.05, 4.69) is 42.9 Å². The Kier molecular flexibility index (Phi) is 5.82. The van der Waals surface area contributed by atoms with Gasteiger partial charge in [0.05, 0.1) is 0 Å². The van der Waals surface area contributed by atoms with Crippen LogP contribution in [0.25, 0.3) is 0 Å². The smallest absolute Gasteiger partial charge is 0.144 e. The summed E-state index contributed by atoms with van der Waals surface area (Å²) in [4.78, 5) is 0. The Balaban J connectivity index is 2.35. The highest BCUT2D eigenvalue weighted by Crippen LogP contribution is 2.20. The van der Waals surface area contributed by atoms with Crippen molar-refractivity contribution in [2.45, 2.75) is 25.7 Å². The molecule has 2 aromatic carbocycles. The molecule has 0 aliphatic heterocycles. The molecule has 0 heterocycles. The molecule has 0 aromatic heterocycles. The molecule has 116 valence electrons. The third-order valence-corrected chi connectivity index (χ3v) is 4.05. The fourth-order valence-corrected chi connectivity index (χ4v) is 2.54. The minimum Gasteiger partial charge on any atom is -0.364 e. The Morgan fingerprint density at radius 1 is 0.870 bits per heavy atom. The number of benzene rings is 2. The summed E-state index contributed by atoms with van der Waals surface area (Å²) in [6.07, 6.45) is -0.276. The van der Waals surface area contributed by atoms with Gasteiger partial charge in [0.2, 0.25) is 0 Å². The number of hydrogen-bond donors (Lipinski definition) is 0. The minimum atomic E-state index is -1.42. The summed E-state index contributed by atoms with van der Waals surface area (Å²) in [5.74, 6) is 9.72. The van der Waals surface area contributed by atoms with Crippen LogP contribution in [-0.4, -0.2) is 15.2 Å². The maximum absolute atomic E-state index is 5.60. The van der Waals surface area contributed by atoms with E-state index in [4.69, 9.17) is 4.74 Å². The van der Waals surface area contributed by atoms with Gasteiger partial charge in [-0.1, -0.05) is 73.8 Å². The lowest BCUT2D eigenvalue weighted by atomic mass is 10.0. The molecule has 0 saturated heterocycles. The topological polar surface area (TPSA) is 9.23 Å². The second-order valence-electron chi connectivity index (χ2n) is 6.34. The first-order valence-electron chi connectivity index (χ1n) is 7.71. The largest absolute Gasteiger partial charge is 0.364 e. The van der Waals surface area contributed by atoms with Gasteiger partial charge in [-0.05, 0) is 18.2 Å². The normalized spacial score (nSPS) is 11.7. The number of methoxy groups -OCH3 is 1. The average Bonchev–Trinajstić information content (AvgIpc) is 2.55. The van der Waals surface area contributed by atoms with Crippen LogP contribution in [0.1, 0.15) is 22.8 Å². The van der Waals surface area contributed by atoms with Gasteiger partial charge < -0.3 is 4.74 Å². The highest BCUT2D eigenvalue weighted by atomic mass is 28.3. The molecule has 1 nitrogen and oxygen atoms in total. The lowest BCUT2D eigenvalue weighted by Gasteiger charge is -2.12. The molecular formula is C21H22OSi. The Morgan fingerprint density at radius 2 is 1.52 bits per heavy atom. The van der Waals surface area contributed by atoms with Crippen molar-refractivity contribution in [2.75, 3.05) is 7.11 Å². The van der Waals surface area contributed by atoms with Gasteiger partial charge >= 0.3 is 0 Å². The van der Waals surface area contributed by atoms with Crippen molar-refractivity contribution in [1.82, 2.24) is 0 Å². The molecule has 2 aromatic rings. The van der Waals surface area contributed by atoms with Crippen LogP contribution in [0.4, 0.5) is 0 Å². The van der Waals surface area contributed by atoms with Gasteiger partial charge in [-0.2, -0.15) is 0 Å². The Morgan fingerprint density at radius 3 is 2.17 bits per heavy atom. The van der Waals surface area contributed by atoms with E-state index in [9.17, 15) is 0 Å². The van der Waals surface area contributed by atoms with Crippen molar-refractivity contribution in [2.24, 2.45) is 0 Å². The van der Waals surface area contributed by atoms with Crippen LogP contribution < -0.4 is 0 Å². The fraction of sp³-hybridized carbons (Fsp3) is 0.238. The van der Waals surface area contributed by atoms with Gasteiger partial charge in [0.25, 0.3) is 0 Å². The van der Waals surface area contributed by atoms with E-state index >= 15 is 0 Å². The number of ether oxygens (including phenoxy) is 1. The van der Waals surface area contributed by atoms with Gasteiger partial charge in [0, 0.05) is 23.8 Å². The molecule has 1 unspecified atom stereocenters. The van der Waals surface area contributed by atoms with Crippen molar-refractivity contribution >= 4 is 8.07 Å². The molecule has 0 radical (unpaired) electrons. The van der Waals surface area contributed by atoms with Crippen molar-refractivity contribution in [1.29, 1.82) is 0 Å². The highest BCUT2D eigenvalue weighted by Gasteiger charge is 2.12. The first kappa shape index (κ1) is 17.1. The molecule has 0 aliphatic rings. The predicted octanol–water partition coefficient (Wildman–Crippen LogP) is 4.65. The van der Waals surface area contributed by atoms with Crippen molar-refractivity contribution in [3.8, 4) is 23.3 Å². The maximum Gasteiger partial charge on any atom is 0.144 e. The Labute approximate surface area is 140 Å². The summed E-state index contributed by atoms with van der Waals surface area (Å²) < 4.78 is 5.60. The SMILES string of the molecule is COC(C#Cc1ccccc1)c1ccccc1C#C[Si](C)(C)C. The molecule has 0 fully saturated rings. The van der Waals surface area contributed by atoms with Gasteiger partial charge in [-0.3, -0.25) is 0 Å². The summed E-state index contributed by atoms with van der Waals surface area (Å²) >= 11 is 0. The molecule has 1 atom stereocenters. The van der Waals surface area contributed by atoms with E-state index in [0.29, 0.717) is 0 Å². The van der Waals surface area contributed by atoms with Crippen molar-refractivity contribution < 1.29 is 4.74 Å². The first-order chi connectivity index (χ1) is 11.0. The molecule has 2 heteroatoms. The van der Waals surface area contributed by atoms with E-state index in [0.717, 1.165) is 16.7 Å². The minimum absolute atomic E-state index is 0.276. The van der Waals surface area contributed by atoms with Gasteiger partial charge in [-0.15, -0.1) is 5.54 Å². The molecule has 0 saturated carbocycles. The van der Waals surface area contributed by atoms with Crippen LogP contribution >= 0.6 is 0 Å². The summed E-state index contributed by atoms with van der Waals surface area (Å²) in [7, 11) is 0.271. The van der Waals surface area contributed by atoms with E-state index in [-0.39, 0.29) is 6.10 Å². The maximum atomic E-state index is 5.60. The van der Waals surface area contributed by atoms with Crippen LogP contribution in [0.3, 0.4) is 0 Å². The zero-order valence-electron chi connectivity index (χ0n) is 14.2. The average molecular weight is 318 g/mol. The van der Waals surface area contributed by atoms with E-state index in [1.54, 1.807) is 7.11 Å². The molecule has 0 N–H and O–H groups in total. The summed E-state index contributed by atoms with van der Waals surface area (Å²) in [6, 6.07) is 18.0. The van der Waals surface area contributed by atoms with Gasteiger partial charge in [0.15, 0.2) is 0 Å². The second-order valence-corrected chi connectivity index (χ2v) is 11.1. The molecule has 0 amide bonds. The first-order valence-corrected chi connectivity index (χ1v) is 11.2. The molecule has 0 aliphatic carbocycles. The van der Waals surface area contributed by atoms with Gasteiger partial charge in [0.1, 0.15) is 14.2 Å². The molecule has 23 heavy (non-hydrogen) atoms. The summed E-state index contributed by atoms with van der Waals surface area (Å²) in [6.45, 7) is 6.73. The zero-order chi connectivity index (χ0) is 16.7. The highest BCUT2D eigenvalue weighted by molar-refractivity contribution is 6.83. The second kappa shape index (κ2) is 7.84. The van der Waals surface area contributed by atoms with Crippen molar-refractivity contribution in [3.63, 3.8) is 0 Å². The monoisotopic (exact) mass is 318 g/mol. The van der Waals surface area contributed by atoms with E-state index < -0.39 is 8.07 Å². The van der Waals surface area contributed by atoms with E-state index in [1.165, 1.54) is 0 Å². The van der Waals surface area contributed by atoms with Crippen LogP contribution in [0, 0.1) is 23.3 Å². The lowest BCUT2D eigenvalue weighted by molar-refractivity contribution is 0.150. The van der Waals surface area contributed by atoms with Gasteiger partial charge in [-0.25, -0.2) is 0 Å². The van der Waals surface area contributed by atoms with Crippen LogP contribution in [0.15, 0.2) is 54.6 Å². The van der Waals surface area contributed by atoms with Crippen LogP contribution in [-0.2, 0) is 4.74 Å². The Hall–Kier alpha value is -2.26.